The molecule has 4 nitrogen and oxygen atoms in total. The molecule has 0 saturated carbocycles. The van der Waals surface area contributed by atoms with Gasteiger partial charge in [-0.3, -0.25) is 0 Å². The minimum Gasteiger partial charge on any atom is -0.507 e. The van der Waals surface area contributed by atoms with Gasteiger partial charge in [-0.15, -0.1) is 0 Å². The average Bonchev–Trinajstić information content (AvgIpc) is 2.76. The maximum atomic E-state index is 10.9. The lowest BCUT2D eigenvalue weighted by Gasteiger charge is -2.18. The number of rotatable bonds is 8. The highest BCUT2D eigenvalue weighted by molar-refractivity contribution is 9.10. The van der Waals surface area contributed by atoms with Crippen LogP contribution in [0, 0.1) is 0 Å². The zero-order chi connectivity index (χ0) is 21.8. The quantitative estimate of drug-likeness (QED) is 0.244. The van der Waals surface area contributed by atoms with E-state index in [2.05, 4.69) is 37.9 Å². The summed E-state index contributed by atoms with van der Waals surface area (Å²) in [6.07, 6.45) is 0. The highest BCUT2D eigenvalue weighted by Crippen LogP contribution is 2.45. The van der Waals surface area contributed by atoms with Crippen LogP contribution in [-0.4, -0.2) is 38.6 Å². The molecule has 4 aromatic rings. The summed E-state index contributed by atoms with van der Waals surface area (Å²) in [5, 5.41) is 15.0. The predicted molar refractivity (Wildman–Crippen MR) is 132 cm³/mol. The minimum atomic E-state index is 0.214. The molecule has 0 heterocycles. The van der Waals surface area contributed by atoms with Crippen molar-refractivity contribution >= 4 is 53.4 Å². The molecule has 31 heavy (non-hydrogen) atoms. The van der Waals surface area contributed by atoms with Crippen LogP contribution in [0.3, 0.4) is 0 Å². The van der Waals surface area contributed by atoms with Gasteiger partial charge in [0.15, 0.2) is 0 Å². The summed E-state index contributed by atoms with van der Waals surface area (Å²) in [7, 11) is 1.65. The largest absolute Gasteiger partial charge is 0.507 e. The number of hydrogen-bond donors (Lipinski definition) is 1. The molecule has 6 heteroatoms. The van der Waals surface area contributed by atoms with E-state index in [1.807, 2.05) is 48.5 Å². The van der Waals surface area contributed by atoms with Gasteiger partial charge in [0.1, 0.15) is 18.1 Å². The molecule has 4 rings (SSSR count). The molecule has 0 amide bonds. The summed E-state index contributed by atoms with van der Waals surface area (Å²) < 4.78 is 18.7. The van der Waals surface area contributed by atoms with Gasteiger partial charge in [-0.2, -0.15) is 0 Å². The minimum absolute atomic E-state index is 0.214. The highest BCUT2D eigenvalue weighted by Gasteiger charge is 2.18. The molecule has 0 fully saturated rings. The Morgan fingerprint density at radius 2 is 1.32 bits per heavy atom. The third-order valence-corrected chi connectivity index (χ3v) is 6.06. The zero-order valence-corrected chi connectivity index (χ0v) is 20.2. The van der Waals surface area contributed by atoms with Gasteiger partial charge in [0.05, 0.1) is 19.8 Å². The van der Waals surface area contributed by atoms with Crippen LogP contribution in [0.4, 0.5) is 0 Å². The Morgan fingerprint density at radius 1 is 0.710 bits per heavy atom. The second-order valence-corrected chi connectivity index (χ2v) is 8.91. The van der Waals surface area contributed by atoms with Crippen molar-refractivity contribution in [2.45, 2.75) is 0 Å². The van der Waals surface area contributed by atoms with Crippen LogP contribution in [0.25, 0.3) is 32.7 Å². The second-order valence-electron chi connectivity index (χ2n) is 7.08. The van der Waals surface area contributed by atoms with Crippen LogP contribution in [-0.2, 0) is 9.47 Å². The normalized spacial score (nSPS) is 11.3. The van der Waals surface area contributed by atoms with Crippen molar-refractivity contribution in [1.82, 2.24) is 0 Å². The van der Waals surface area contributed by atoms with Crippen molar-refractivity contribution in [3.05, 3.63) is 69.6 Å². The summed E-state index contributed by atoms with van der Waals surface area (Å²) in [5.74, 6) is 0.919. The molecule has 0 aliphatic carbocycles. The maximum Gasteiger partial charge on any atom is 0.128 e. The van der Waals surface area contributed by atoms with Gasteiger partial charge in [0.2, 0.25) is 0 Å². The Kier molecular flexibility index (Phi) is 7.13. The van der Waals surface area contributed by atoms with Crippen molar-refractivity contribution in [3.63, 3.8) is 0 Å². The molecule has 4 aromatic carbocycles. The Morgan fingerprint density at radius 3 is 2.00 bits per heavy atom. The maximum absolute atomic E-state index is 10.9. The lowest BCUT2D eigenvalue weighted by Crippen LogP contribution is -2.10. The van der Waals surface area contributed by atoms with E-state index in [1.54, 1.807) is 13.2 Å². The van der Waals surface area contributed by atoms with E-state index in [4.69, 9.17) is 14.2 Å². The fourth-order valence-electron chi connectivity index (χ4n) is 3.67. The van der Waals surface area contributed by atoms with Crippen LogP contribution >= 0.6 is 31.9 Å². The number of benzene rings is 4. The van der Waals surface area contributed by atoms with E-state index < -0.39 is 0 Å². The van der Waals surface area contributed by atoms with E-state index in [-0.39, 0.29) is 5.75 Å². The monoisotopic (exact) mass is 544 g/mol. The van der Waals surface area contributed by atoms with Gasteiger partial charge < -0.3 is 19.3 Å². The number of phenolic OH excluding ortho intramolecular Hbond substituents is 1. The van der Waals surface area contributed by atoms with Crippen molar-refractivity contribution in [2.75, 3.05) is 33.5 Å². The topological polar surface area (TPSA) is 47.9 Å². The van der Waals surface area contributed by atoms with E-state index in [9.17, 15) is 5.11 Å². The first-order valence-electron chi connectivity index (χ1n) is 9.92. The zero-order valence-electron chi connectivity index (χ0n) is 17.0. The van der Waals surface area contributed by atoms with Crippen LogP contribution in [0.1, 0.15) is 0 Å². The summed E-state index contributed by atoms with van der Waals surface area (Å²) >= 11 is 7.09. The summed E-state index contributed by atoms with van der Waals surface area (Å²) in [6, 6.07) is 19.8. The molecule has 0 radical (unpaired) electrons. The van der Waals surface area contributed by atoms with Gasteiger partial charge in [0.25, 0.3) is 0 Å². The van der Waals surface area contributed by atoms with Crippen molar-refractivity contribution in [2.24, 2.45) is 0 Å². The van der Waals surface area contributed by atoms with E-state index in [1.165, 1.54) is 0 Å². The molecular weight excluding hydrogens is 524 g/mol. The van der Waals surface area contributed by atoms with Crippen LogP contribution in [0.15, 0.2) is 69.6 Å². The van der Waals surface area contributed by atoms with Gasteiger partial charge >= 0.3 is 0 Å². The summed E-state index contributed by atoms with van der Waals surface area (Å²) in [6.45, 7) is 1.93. The van der Waals surface area contributed by atoms with Gasteiger partial charge in [-0.1, -0.05) is 56.1 Å². The summed E-state index contributed by atoms with van der Waals surface area (Å²) in [4.78, 5) is 0. The predicted octanol–water partition coefficient (Wildman–Crippen LogP) is 6.93. The average molecular weight is 546 g/mol. The first kappa shape index (κ1) is 22.1. The Bertz CT molecular complexity index is 1220. The molecule has 0 unspecified atom stereocenters. The number of hydrogen-bond acceptors (Lipinski definition) is 4. The number of fused-ring (bicyclic) bond motifs is 2. The van der Waals surface area contributed by atoms with Crippen molar-refractivity contribution in [3.8, 4) is 22.6 Å². The fourth-order valence-corrected chi connectivity index (χ4v) is 4.42. The molecule has 0 aromatic heterocycles. The molecule has 0 bridgehead atoms. The third kappa shape index (κ3) is 4.88. The summed E-state index contributed by atoms with van der Waals surface area (Å²) in [5.41, 5.74) is 1.63. The SMILES string of the molecule is COCCOCCOc1ccc2cc(Br)ccc2c1-c1c(O)ccc2cc(Br)ccc12. The van der Waals surface area contributed by atoms with E-state index in [0.29, 0.717) is 32.2 Å². The standard InChI is InChI=1S/C25H22Br2O4/c1-29-10-11-30-12-13-31-23-9-3-17-15-19(27)5-7-21(17)25(23)24-20-6-4-18(26)14-16(20)2-8-22(24)28/h2-9,14-15,28H,10-13H2,1H3. The van der Waals surface area contributed by atoms with Crippen LogP contribution in [0.5, 0.6) is 11.5 Å². The Hall–Kier alpha value is -2.12. The Balaban J connectivity index is 1.83. The molecule has 0 saturated heterocycles. The molecule has 0 spiro atoms. The lowest BCUT2D eigenvalue weighted by molar-refractivity contribution is 0.0545. The van der Waals surface area contributed by atoms with Crippen LogP contribution < -0.4 is 4.74 Å². The van der Waals surface area contributed by atoms with Crippen molar-refractivity contribution < 1.29 is 19.3 Å². The number of halogens is 2. The molecular formula is C25H22Br2O4. The molecule has 1 N–H and O–H groups in total. The van der Waals surface area contributed by atoms with Gasteiger partial charge in [-0.25, -0.2) is 0 Å². The van der Waals surface area contributed by atoms with Gasteiger partial charge in [-0.05, 0) is 57.9 Å². The molecule has 0 atom stereocenters. The fraction of sp³-hybridized carbons (Fsp3) is 0.200. The van der Waals surface area contributed by atoms with Crippen molar-refractivity contribution in [1.29, 1.82) is 0 Å². The molecule has 0 aliphatic rings. The number of ether oxygens (including phenoxy) is 3. The highest BCUT2D eigenvalue weighted by atomic mass is 79.9. The van der Waals surface area contributed by atoms with E-state index >= 15 is 0 Å². The smallest absolute Gasteiger partial charge is 0.128 e. The van der Waals surface area contributed by atoms with Crippen LogP contribution in [0.2, 0.25) is 0 Å². The third-order valence-electron chi connectivity index (χ3n) is 5.07. The second kappa shape index (κ2) is 10.0. The number of aromatic hydroxyl groups is 1. The molecule has 0 aliphatic heterocycles. The van der Waals surface area contributed by atoms with E-state index in [0.717, 1.165) is 41.6 Å². The Labute approximate surface area is 198 Å². The number of methoxy groups -OCH3 is 1. The number of phenols is 1. The first-order chi connectivity index (χ1) is 15.1. The lowest BCUT2D eigenvalue weighted by atomic mass is 9.92. The first-order valence-corrected chi connectivity index (χ1v) is 11.5. The molecule has 160 valence electrons. The van der Waals surface area contributed by atoms with Gasteiger partial charge in [0, 0.05) is 27.2 Å².